The molecule has 148 valence electrons. The summed E-state index contributed by atoms with van der Waals surface area (Å²) in [4.78, 5) is 12.6. The maximum atomic E-state index is 12.7. The summed E-state index contributed by atoms with van der Waals surface area (Å²) in [5, 5.41) is 4.65. The van der Waals surface area contributed by atoms with Crippen LogP contribution in [0.2, 0.25) is 5.02 Å². The zero-order valence-electron chi connectivity index (χ0n) is 15.5. The molecule has 28 heavy (non-hydrogen) atoms. The van der Waals surface area contributed by atoms with Gasteiger partial charge >= 0.3 is 0 Å². The van der Waals surface area contributed by atoms with Gasteiger partial charge in [-0.05, 0) is 49.6 Å². The first-order valence-electron chi connectivity index (χ1n) is 9.03. The maximum absolute atomic E-state index is 12.7. The fraction of sp³-hybridized carbons (Fsp3) is 0.300. The predicted octanol–water partition coefficient (Wildman–Crippen LogP) is 3.28. The molecule has 1 amide bonds. The van der Waals surface area contributed by atoms with Crippen LogP contribution >= 0.6 is 11.6 Å². The minimum atomic E-state index is -3.57. The van der Waals surface area contributed by atoms with Crippen LogP contribution in [0.4, 0.5) is 0 Å². The van der Waals surface area contributed by atoms with Crippen molar-refractivity contribution in [1.82, 2.24) is 9.73 Å². The number of hydrogen-bond acceptors (Lipinski definition) is 4. The van der Waals surface area contributed by atoms with Gasteiger partial charge in [0.1, 0.15) is 0 Å². The van der Waals surface area contributed by atoms with Crippen molar-refractivity contribution in [2.24, 2.45) is 11.0 Å². The molecule has 0 spiro atoms. The Labute approximate surface area is 170 Å². The molecule has 1 heterocycles. The zero-order valence-corrected chi connectivity index (χ0v) is 17.1. The predicted molar refractivity (Wildman–Crippen MR) is 110 cm³/mol. The number of carbonyl (C=O) groups is 1. The first kappa shape index (κ1) is 20.5. The molecule has 0 saturated carbocycles. The lowest BCUT2D eigenvalue weighted by Crippen LogP contribution is -2.42. The van der Waals surface area contributed by atoms with E-state index in [1.165, 1.54) is 16.4 Å². The molecule has 1 saturated heterocycles. The first-order chi connectivity index (χ1) is 13.4. The van der Waals surface area contributed by atoms with E-state index in [-0.39, 0.29) is 16.7 Å². The van der Waals surface area contributed by atoms with Crippen LogP contribution in [0.25, 0.3) is 0 Å². The lowest BCUT2D eigenvalue weighted by molar-refractivity contribution is -0.126. The van der Waals surface area contributed by atoms with Gasteiger partial charge in [-0.2, -0.15) is 9.41 Å². The SMILES string of the molecule is CC(=NNC(=O)C1CCN(S(=O)(=O)c2ccc(Cl)cc2)CC1)c1ccccc1. The number of halogens is 1. The summed E-state index contributed by atoms with van der Waals surface area (Å²) < 4.78 is 26.8. The van der Waals surface area contributed by atoms with E-state index in [0.717, 1.165) is 11.3 Å². The molecule has 1 N–H and O–H groups in total. The van der Waals surface area contributed by atoms with Crippen molar-refractivity contribution in [3.05, 3.63) is 65.2 Å². The Bertz CT molecular complexity index is 952. The van der Waals surface area contributed by atoms with E-state index in [9.17, 15) is 13.2 Å². The molecule has 3 rings (SSSR count). The van der Waals surface area contributed by atoms with E-state index < -0.39 is 10.0 Å². The molecule has 0 bridgehead atoms. The standard InChI is InChI=1S/C20H22ClN3O3S/c1-15(16-5-3-2-4-6-16)22-23-20(25)17-11-13-24(14-12-17)28(26,27)19-9-7-18(21)8-10-19/h2-10,17H,11-14H2,1H3,(H,23,25). The first-order valence-corrected chi connectivity index (χ1v) is 10.8. The highest BCUT2D eigenvalue weighted by molar-refractivity contribution is 7.89. The van der Waals surface area contributed by atoms with Crippen molar-refractivity contribution in [1.29, 1.82) is 0 Å². The molecule has 6 nitrogen and oxygen atoms in total. The second kappa shape index (κ2) is 8.86. The number of nitrogens with zero attached hydrogens (tertiary/aromatic N) is 2. The zero-order chi connectivity index (χ0) is 20.1. The van der Waals surface area contributed by atoms with Gasteiger partial charge < -0.3 is 0 Å². The normalized spacial score (nSPS) is 16.7. The van der Waals surface area contributed by atoms with Crippen molar-refractivity contribution >= 4 is 33.2 Å². The van der Waals surface area contributed by atoms with Crippen LogP contribution in [-0.4, -0.2) is 37.4 Å². The molecule has 0 atom stereocenters. The van der Waals surface area contributed by atoms with Crippen molar-refractivity contribution in [2.45, 2.75) is 24.7 Å². The van der Waals surface area contributed by atoms with Crippen molar-refractivity contribution < 1.29 is 13.2 Å². The Kier molecular flexibility index (Phi) is 6.49. The molecule has 2 aromatic carbocycles. The summed E-state index contributed by atoms with van der Waals surface area (Å²) in [6.07, 6.45) is 0.914. The number of amides is 1. The summed E-state index contributed by atoms with van der Waals surface area (Å²) in [6, 6.07) is 15.7. The van der Waals surface area contributed by atoms with Gasteiger partial charge in [-0.1, -0.05) is 41.9 Å². The number of sulfonamides is 1. The number of nitrogens with one attached hydrogen (secondary N) is 1. The summed E-state index contributed by atoms with van der Waals surface area (Å²) in [5.74, 6) is -0.442. The van der Waals surface area contributed by atoms with Crippen molar-refractivity contribution in [3.63, 3.8) is 0 Å². The molecular formula is C20H22ClN3O3S. The third kappa shape index (κ3) is 4.79. The summed E-state index contributed by atoms with van der Waals surface area (Å²) >= 11 is 5.83. The molecule has 1 aliphatic heterocycles. The van der Waals surface area contributed by atoms with E-state index in [2.05, 4.69) is 10.5 Å². The van der Waals surface area contributed by atoms with Crippen LogP contribution in [0.15, 0.2) is 64.6 Å². The van der Waals surface area contributed by atoms with E-state index in [0.29, 0.717) is 31.0 Å². The molecule has 1 aliphatic rings. The average Bonchev–Trinajstić information content (AvgIpc) is 2.73. The molecule has 0 aromatic heterocycles. The molecule has 0 aliphatic carbocycles. The van der Waals surface area contributed by atoms with Crippen molar-refractivity contribution in [2.75, 3.05) is 13.1 Å². The van der Waals surface area contributed by atoms with E-state index in [4.69, 9.17) is 11.6 Å². The van der Waals surface area contributed by atoms with E-state index in [1.807, 2.05) is 37.3 Å². The summed E-state index contributed by atoms with van der Waals surface area (Å²) in [6.45, 7) is 2.42. The number of rotatable bonds is 5. The average molecular weight is 420 g/mol. The van der Waals surface area contributed by atoms with Gasteiger partial charge in [0.05, 0.1) is 10.6 Å². The fourth-order valence-corrected chi connectivity index (χ4v) is 4.68. The second-order valence-corrected chi connectivity index (χ2v) is 9.05. The molecule has 1 fully saturated rings. The monoisotopic (exact) mass is 419 g/mol. The number of piperidine rings is 1. The van der Waals surface area contributed by atoms with Gasteiger partial charge in [-0.25, -0.2) is 13.8 Å². The van der Waals surface area contributed by atoms with Crippen LogP contribution in [-0.2, 0) is 14.8 Å². The quantitative estimate of drug-likeness (QED) is 0.596. The molecule has 0 radical (unpaired) electrons. The van der Waals surface area contributed by atoms with Gasteiger partial charge in [-0.3, -0.25) is 4.79 Å². The van der Waals surface area contributed by atoms with Crippen LogP contribution in [0.1, 0.15) is 25.3 Å². The van der Waals surface area contributed by atoms with Gasteiger partial charge in [0.25, 0.3) is 0 Å². The van der Waals surface area contributed by atoms with Crippen molar-refractivity contribution in [3.8, 4) is 0 Å². The van der Waals surface area contributed by atoms with Crippen LogP contribution in [0.3, 0.4) is 0 Å². The lowest BCUT2D eigenvalue weighted by atomic mass is 9.98. The minimum absolute atomic E-state index is 0.182. The number of benzene rings is 2. The third-order valence-corrected chi connectivity index (χ3v) is 6.97. The summed E-state index contributed by atoms with van der Waals surface area (Å²) in [7, 11) is -3.57. The van der Waals surface area contributed by atoms with Crippen LogP contribution < -0.4 is 5.43 Å². The number of hydrazone groups is 1. The van der Waals surface area contributed by atoms with Gasteiger partial charge in [0, 0.05) is 24.0 Å². The smallest absolute Gasteiger partial charge is 0.243 e. The molecule has 0 unspecified atom stereocenters. The lowest BCUT2D eigenvalue weighted by Gasteiger charge is -2.30. The maximum Gasteiger partial charge on any atom is 0.243 e. The molecular weight excluding hydrogens is 398 g/mol. The van der Waals surface area contributed by atoms with Crippen LogP contribution in [0, 0.1) is 5.92 Å². The molecule has 2 aromatic rings. The topological polar surface area (TPSA) is 78.8 Å². The van der Waals surface area contributed by atoms with Gasteiger partial charge in [0.2, 0.25) is 15.9 Å². The minimum Gasteiger partial charge on any atom is -0.273 e. The Morgan fingerprint density at radius 1 is 1.07 bits per heavy atom. The number of hydrogen-bond donors (Lipinski definition) is 1. The largest absolute Gasteiger partial charge is 0.273 e. The van der Waals surface area contributed by atoms with E-state index in [1.54, 1.807) is 12.1 Å². The highest BCUT2D eigenvalue weighted by Gasteiger charge is 2.32. The number of carbonyl (C=O) groups excluding carboxylic acids is 1. The van der Waals surface area contributed by atoms with Crippen LogP contribution in [0.5, 0.6) is 0 Å². The molecule has 8 heteroatoms. The Balaban J connectivity index is 1.57. The highest BCUT2D eigenvalue weighted by atomic mass is 35.5. The summed E-state index contributed by atoms with van der Waals surface area (Å²) in [5.41, 5.74) is 4.26. The van der Waals surface area contributed by atoms with Gasteiger partial charge in [0.15, 0.2) is 0 Å². The third-order valence-electron chi connectivity index (χ3n) is 4.80. The fourth-order valence-electron chi connectivity index (χ4n) is 3.09. The second-order valence-electron chi connectivity index (χ2n) is 6.67. The highest BCUT2D eigenvalue weighted by Crippen LogP contribution is 2.24. The Hall–Kier alpha value is -2.22. The Morgan fingerprint density at radius 3 is 2.29 bits per heavy atom. The van der Waals surface area contributed by atoms with E-state index >= 15 is 0 Å². The Morgan fingerprint density at radius 2 is 1.68 bits per heavy atom. The van der Waals surface area contributed by atoms with Gasteiger partial charge in [-0.15, -0.1) is 0 Å².